The summed E-state index contributed by atoms with van der Waals surface area (Å²) in [5.41, 5.74) is 6.92. The molecule has 0 spiro atoms. The van der Waals surface area contributed by atoms with Gasteiger partial charge in [-0.25, -0.2) is 23.5 Å². The van der Waals surface area contributed by atoms with E-state index in [-0.39, 0.29) is 24.2 Å². The molecule has 160 valence electrons. The number of cyclic esters (lactones) is 1. The first-order valence-electron chi connectivity index (χ1n) is 9.72. The Labute approximate surface area is 171 Å². The monoisotopic (exact) mass is 420 g/mol. The lowest BCUT2D eigenvalue weighted by molar-refractivity contribution is -0.121. The number of hydrogen-bond acceptors (Lipinski definition) is 5. The second-order valence-electron chi connectivity index (χ2n) is 7.50. The van der Waals surface area contributed by atoms with Crippen molar-refractivity contribution in [3.63, 3.8) is 0 Å². The van der Waals surface area contributed by atoms with Crippen molar-refractivity contribution in [1.82, 2.24) is 9.55 Å². The minimum atomic E-state index is -2.74. The number of fused-ring (bicyclic) bond motifs is 3. The van der Waals surface area contributed by atoms with Gasteiger partial charge in [0.15, 0.2) is 5.82 Å². The molecule has 1 aromatic heterocycles. The fraction of sp³-hybridized carbons (Fsp3) is 0.450. The summed E-state index contributed by atoms with van der Waals surface area (Å²) in [6.45, 7) is 2.40. The lowest BCUT2D eigenvalue weighted by atomic mass is 9.99. The number of benzene rings is 1. The number of aromatic nitrogens is 2. The van der Waals surface area contributed by atoms with E-state index in [4.69, 9.17) is 15.2 Å². The lowest BCUT2D eigenvalue weighted by Crippen LogP contribution is -2.38. The first-order chi connectivity index (χ1) is 14.3. The molecule has 0 bridgehead atoms. The Morgan fingerprint density at radius 2 is 2.17 bits per heavy atom. The molecule has 2 aliphatic heterocycles. The number of carbonyl (C=O) groups excluding carboxylic acids is 2. The number of nitrogens with zero attached hydrogens (tertiary/aromatic N) is 3. The van der Waals surface area contributed by atoms with Crippen molar-refractivity contribution in [3.05, 3.63) is 30.0 Å². The fourth-order valence-corrected chi connectivity index (χ4v) is 3.66. The molecule has 2 aliphatic rings. The quantitative estimate of drug-likeness (QED) is 0.802. The smallest absolute Gasteiger partial charge is 0.416 e. The number of alkyl halides is 2. The summed E-state index contributed by atoms with van der Waals surface area (Å²) in [6, 6.07) is 4.14. The third-order valence-corrected chi connectivity index (χ3v) is 5.32. The van der Waals surface area contributed by atoms with Gasteiger partial charge in [0, 0.05) is 18.7 Å². The molecule has 1 aromatic carbocycles. The van der Waals surface area contributed by atoms with Crippen LogP contribution in [0.25, 0.3) is 11.4 Å². The van der Waals surface area contributed by atoms with Gasteiger partial charge in [0.1, 0.15) is 24.2 Å². The molecule has 2 N–H and O–H groups in total. The third kappa shape index (κ3) is 3.69. The maximum atomic E-state index is 13.3. The molecule has 0 saturated carbocycles. The van der Waals surface area contributed by atoms with Crippen LogP contribution in [0.2, 0.25) is 0 Å². The second-order valence-corrected chi connectivity index (χ2v) is 7.50. The summed E-state index contributed by atoms with van der Waals surface area (Å²) < 4.78 is 39.2. The van der Waals surface area contributed by atoms with Crippen molar-refractivity contribution < 1.29 is 27.8 Å². The van der Waals surface area contributed by atoms with Gasteiger partial charge in [-0.2, -0.15) is 0 Å². The Morgan fingerprint density at radius 3 is 2.90 bits per heavy atom. The zero-order valence-corrected chi connectivity index (χ0v) is 16.4. The number of nitrogens with two attached hydrogens (primary N) is 1. The molecular weight excluding hydrogens is 398 g/mol. The number of amides is 2. The zero-order chi connectivity index (χ0) is 21.4. The highest BCUT2D eigenvalue weighted by Gasteiger charge is 2.42. The van der Waals surface area contributed by atoms with Gasteiger partial charge in [-0.3, -0.25) is 4.79 Å². The highest BCUT2D eigenvalue weighted by molar-refractivity contribution is 5.89. The van der Waals surface area contributed by atoms with Gasteiger partial charge in [-0.15, -0.1) is 0 Å². The molecule has 0 aliphatic carbocycles. The van der Waals surface area contributed by atoms with Crippen LogP contribution in [-0.2, 0) is 22.5 Å². The van der Waals surface area contributed by atoms with Crippen LogP contribution in [0.15, 0.2) is 24.4 Å². The molecule has 1 saturated heterocycles. The number of imidazole rings is 1. The fourth-order valence-electron chi connectivity index (χ4n) is 3.66. The number of halogens is 2. The summed E-state index contributed by atoms with van der Waals surface area (Å²) >= 11 is 0. The minimum Gasteiger partial charge on any atom is -0.493 e. The SMILES string of the molecule is C[C@H](Cc1ccc2c(c1)OCCCn1cc(N3C(=O)OC[C@H]3C(F)F)nc1-2)C(N)=O. The molecule has 4 rings (SSSR count). The van der Waals surface area contributed by atoms with Gasteiger partial charge in [0.05, 0.1) is 12.2 Å². The molecule has 10 heteroatoms. The Kier molecular flexibility index (Phi) is 5.31. The normalized spacial score (nSPS) is 19.4. The van der Waals surface area contributed by atoms with Crippen LogP contribution in [0.4, 0.5) is 19.4 Å². The van der Waals surface area contributed by atoms with Crippen molar-refractivity contribution in [2.45, 2.75) is 38.8 Å². The van der Waals surface area contributed by atoms with Crippen LogP contribution in [0.5, 0.6) is 5.75 Å². The van der Waals surface area contributed by atoms with E-state index in [0.717, 1.165) is 10.5 Å². The molecule has 2 aromatic rings. The largest absolute Gasteiger partial charge is 0.493 e. The molecule has 8 nitrogen and oxygen atoms in total. The number of hydrogen-bond donors (Lipinski definition) is 1. The van der Waals surface area contributed by atoms with Gasteiger partial charge in [0.25, 0.3) is 6.43 Å². The van der Waals surface area contributed by atoms with Gasteiger partial charge in [-0.1, -0.05) is 13.0 Å². The molecule has 0 radical (unpaired) electrons. The van der Waals surface area contributed by atoms with E-state index in [1.807, 2.05) is 22.8 Å². The summed E-state index contributed by atoms with van der Waals surface area (Å²) in [4.78, 5) is 28.8. The predicted octanol–water partition coefficient (Wildman–Crippen LogP) is 2.59. The summed E-state index contributed by atoms with van der Waals surface area (Å²) in [5, 5.41) is 0. The van der Waals surface area contributed by atoms with Crippen LogP contribution >= 0.6 is 0 Å². The first-order valence-corrected chi connectivity index (χ1v) is 9.72. The van der Waals surface area contributed by atoms with Crippen molar-refractivity contribution in [1.29, 1.82) is 0 Å². The van der Waals surface area contributed by atoms with E-state index >= 15 is 0 Å². The standard InChI is InChI=1S/C20H22F2N4O4/c1-11(18(23)27)7-12-3-4-13-15(8-12)29-6-2-5-25-9-16(24-19(13)25)26-14(17(21)22)10-30-20(26)28/h3-4,8-9,11,14,17H,2,5-7,10H2,1H3,(H2,23,27)/t11-,14+/m1/s1. The molecule has 2 amide bonds. The van der Waals surface area contributed by atoms with Crippen LogP contribution in [0.3, 0.4) is 0 Å². The Bertz CT molecular complexity index is 978. The van der Waals surface area contributed by atoms with E-state index in [1.54, 1.807) is 13.1 Å². The molecule has 0 unspecified atom stereocenters. The van der Waals surface area contributed by atoms with Crippen molar-refractivity contribution in [2.24, 2.45) is 11.7 Å². The topological polar surface area (TPSA) is 99.7 Å². The molecule has 30 heavy (non-hydrogen) atoms. The van der Waals surface area contributed by atoms with E-state index in [2.05, 4.69) is 4.98 Å². The number of aryl methyl sites for hydroxylation is 1. The summed E-state index contributed by atoms with van der Waals surface area (Å²) in [6.07, 6.45) is -0.839. The van der Waals surface area contributed by atoms with Crippen molar-refractivity contribution >= 4 is 17.8 Å². The number of ether oxygens (including phenoxy) is 2. The van der Waals surface area contributed by atoms with E-state index in [0.29, 0.717) is 43.1 Å². The van der Waals surface area contributed by atoms with E-state index in [1.165, 1.54) is 0 Å². The average molecular weight is 420 g/mol. The van der Waals surface area contributed by atoms with Crippen LogP contribution < -0.4 is 15.4 Å². The minimum absolute atomic E-state index is 0.122. The first kappa shape index (κ1) is 20.1. The summed E-state index contributed by atoms with van der Waals surface area (Å²) in [5.74, 6) is 0.516. The zero-order valence-electron chi connectivity index (χ0n) is 16.4. The van der Waals surface area contributed by atoms with Crippen molar-refractivity contribution in [2.75, 3.05) is 18.1 Å². The predicted molar refractivity (Wildman–Crippen MR) is 103 cm³/mol. The van der Waals surface area contributed by atoms with Crippen LogP contribution in [-0.4, -0.2) is 47.2 Å². The molecule has 1 fully saturated rings. The van der Waals surface area contributed by atoms with E-state index < -0.39 is 18.6 Å². The third-order valence-electron chi connectivity index (χ3n) is 5.32. The number of anilines is 1. The Balaban J connectivity index is 1.71. The second kappa shape index (κ2) is 7.92. The molecular formula is C20H22F2N4O4. The molecule has 2 atom stereocenters. The van der Waals surface area contributed by atoms with Crippen LogP contribution in [0.1, 0.15) is 18.9 Å². The maximum Gasteiger partial charge on any atom is 0.416 e. The lowest BCUT2D eigenvalue weighted by Gasteiger charge is -2.18. The van der Waals surface area contributed by atoms with Crippen LogP contribution in [0, 0.1) is 5.92 Å². The van der Waals surface area contributed by atoms with Gasteiger partial charge in [0.2, 0.25) is 5.91 Å². The van der Waals surface area contributed by atoms with Gasteiger partial charge >= 0.3 is 6.09 Å². The average Bonchev–Trinajstić information content (AvgIpc) is 3.26. The Morgan fingerprint density at radius 1 is 1.37 bits per heavy atom. The van der Waals surface area contributed by atoms with E-state index in [9.17, 15) is 18.4 Å². The van der Waals surface area contributed by atoms with Crippen molar-refractivity contribution in [3.8, 4) is 17.1 Å². The molecule has 3 heterocycles. The number of primary amides is 1. The highest BCUT2D eigenvalue weighted by Crippen LogP contribution is 2.36. The van der Waals surface area contributed by atoms with Gasteiger partial charge in [-0.05, 0) is 30.5 Å². The number of rotatable bonds is 5. The Hall–Kier alpha value is -3.17. The van der Waals surface area contributed by atoms with Gasteiger partial charge < -0.3 is 19.8 Å². The highest BCUT2D eigenvalue weighted by atomic mass is 19.3. The maximum absolute atomic E-state index is 13.3. The summed E-state index contributed by atoms with van der Waals surface area (Å²) in [7, 11) is 0. The number of carbonyl (C=O) groups is 2.